The molecular weight excluding hydrogens is 380 g/mol. The van der Waals surface area contributed by atoms with Crippen molar-refractivity contribution in [2.24, 2.45) is 5.10 Å². The van der Waals surface area contributed by atoms with Crippen LogP contribution in [0.2, 0.25) is 5.02 Å². The molecule has 0 heterocycles. The van der Waals surface area contributed by atoms with Gasteiger partial charge in [0.2, 0.25) is 0 Å². The minimum absolute atomic E-state index is 0.0998. The fourth-order valence-corrected chi connectivity index (χ4v) is 3.43. The standard InChI is InChI=1S/C21H19ClN2O2S/c1-15-3-7-17(8-4-15)21(18-9-5-16(2)6-10-18)23-24-27(25,26)20-13-11-19(22)12-14-20/h3-14,24H,1-2H3. The van der Waals surface area contributed by atoms with Crippen LogP contribution in [0.4, 0.5) is 0 Å². The van der Waals surface area contributed by atoms with E-state index in [0.717, 1.165) is 22.3 Å². The van der Waals surface area contributed by atoms with Crippen molar-refractivity contribution in [1.29, 1.82) is 0 Å². The zero-order chi connectivity index (χ0) is 19.4. The number of halogens is 1. The Hall–Kier alpha value is -2.63. The molecule has 0 aliphatic heterocycles. The van der Waals surface area contributed by atoms with E-state index in [-0.39, 0.29) is 4.90 Å². The van der Waals surface area contributed by atoms with Crippen LogP contribution >= 0.6 is 11.6 Å². The molecule has 0 amide bonds. The Kier molecular flexibility index (Phi) is 5.63. The molecule has 27 heavy (non-hydrogen) atoms. The Morgan fingerprint density at radius 2 is 1.22 bits per heavy atom. The highest BCUT2D eigenvalue weighted by atomic mass is 35.5. The molecule has 138 valence electrons. The second kappa shape index (κ2) is 7.94. The molecule has 0 aliphatic carbocycles. The Morgan fingerprint density at radius 3 is 1.67 bits per heavy atom. The monoisotopic (exact) mass is 398 g/mol. The minimum Gasteiger partial charge on any atom is -0.200 e. The predicted octanol–water partition coefficient (Wildman–Crippen LogP) is 4.69. The van der Waals surface area contributed by atoms with Crippen LogP contribution in [0.15, 0.2) is 82.8 Å². The number of rotatable bonds is 5. The van der Waals surface area contributed by atoms with Crippen molar-refractivity contribution in [2.75, 3.05) is 0 Å². The van der Waals surface area contributed by atoms with Gasteiger partial charge in [0.1, 0.15) is 0 Å². The van der Waals surface area contributed by atoms with Crippen molar-refractivity contribution in [3.05, 3.63) is 100 Å². The van der Waals surface area contributed by atoms with Gasteiger partial charge in [0, 0.05) is 16.1 Å². The molecule has 0 fully saturated rings. The largest absolute Gasteiger partial charge is 0.276 e. The Labute approximate surface area is 164 Å². The molecule has 0 saturated carbocycles. The fourth-order valence-electron chi connectivity index (χ4n) is 2.49. The van der Waals surface area contributed by atoms with Gasteiger partial charge in [0.05, 0.1) is 10.6 Å². The highest BCUT2D eigenvalue weighted by molar-refractivity contribution is 7.89. The summed E-state index contributed by atoms with van der Waals surface area (Å²) in [4.78, 5) is 2.44. The van der Waals surface area contributed by atoms with E-state index in [9.17, 15) is 8.42 Å². The molecule has 4 nitrogen and oxygen atoms in total. The summed E-state index contributed by atoms with van der Waals surface area (Å²) in [5.74, 6) is 0. The lowest BCUT2D eigenvalue weighted by atomic mass is 10.0. The average molecular weight is 399 g/mol. The van der Waals surface area contributed by atoms with Crippen LogP contribution in [0.25, 0.3) is 0 Å². The first-order valence-corrected chi connectivity index (χ1v) is 10.2. The van der Waals surface area contributed by atoms with Crippen LogP contribution in [-0.4, -0.2) is 14.1 Å². The third-order valence-corrected chi connectivity index (χ3v) is 5.53. The van der Waals surface area contributed by atoms with Gasteiger partial charge < -0.3 is 0 Å². The summed E-state index contributed by atoms with van der Waals surface area (Å²) < 4.78 is 25.1. The van der Waals surface area contributed by atoms with E-state index in [1.165, 1.54) is 24.3 Å². The van der Waals surface area contributed by atoms with Gasteiger partial charge in [-0.05, 0) is 38.1 Å². The second-order valence-electron chi connectivity index (χ2n) is 6.24. The minimum atomic E-state index is -3.80. The lowest BCUT2D eigenvalue weighted by molar-refractivity contribution is 0.584. The number of hydrogen-bond acceptors (Lipinski definition) is 3. The Morgan fingerprint density at radius 1 is 0.778 bits per heavy atom. The third kappa shape index (κ3) is 4.76. The van der Waals surface area contributed by atoms with Crippen molar-refractivity contribution in [3.8, 4) is 0 Å². The van der Waals surface area contributed by atoms with E-state index in [4.69, 9.17) is 11.6 Å². The van der Waals surface area contributed by atoms with E-state index in [1.807, 2.05) is 62.4 Å². The van der Waals surface area contributed by atoms with Gasteiger partial charge in [-0.25, -0.2) is 0 Å². The van der Waals surface area contributed by atoms with Crippen molar-refractivity contribution in [3.63, 3.8) is 0 Å². The molecule has 3 rings (SSSR count). The van der Waals surface area contributed by atoms with E-state index >= 15 is 0 Å². The molecule has 1 N–H and O–H groups in total. The van der Waals surface area contributed by atoms with Crippen LogP contribution < -0.4 is 4.83 Å². The van der Waals surface area contributed by atoms with Gasteiger partial charge >= 0.3 is 0 Å². The van der Waals surface area contributed by atoms with Crippen molar-refractivity contribution < 1.29 is 8.42 Å². The highest BCUT2D eigenvalue weighted by Gasteiger charge is 2.14. The Bertz CT molecular complexity index is 1010. The molecule has 0 spiro atoms. The lowest BCUT2D eigenvalue weighted by Gasteiger charge is -2.10. The highest BCUT2D eigenvalue weighted by Crippen LogP contribution is 2.16. The maximum atomic E-state index is 12.6. The van der Waals surface area contributed by atoms with Gasteiger partial charge in [-0.1, -0.05) is 71.3 Å². The quantitative estimate of drug-likeness (QED) is 0.500. The van der Waals surface area contributed by atoms with Gasteiger partial charge in [-0.15, -0.1) is 0 Å². The average Bonchev–Trinajstić information content (AvgIpc) is 2.65. The smallest absolute Gasteiger partial charge is 0.200 e. The van der Waals surface area contributed by atoms with E-state index in [2.05, 4.69) is 9.93 Å². The third-order valence-electron chi connectivity index (χ3n) is 4.05. The van der Waals surface area contributed by atoms with Crippen LogP contribution in [0.1, 0.15) is 22.3 Å². The molecule has 0 atom stereocenters. The summed E-state index contributed by atoms with van der Waals surface area (Å²) in [5.41, 5.74) is 4.42. The lowest BCUT2D eigenvalue weighted by Crippen LogP contribution is -2.21. The van der Waals surface area contributed by atoms with Crippen LogP contribution in [-0.2, 0) is 10.0 Å². The maximum absolute atomic E-state index is 12.6. The van der Waals surface area contributed by atoms with Gasteiger partial charge in [0.25, 0.3) is 10.0 Å². The molecule has 0 aromatic heterocycles. The maximum Gasteiger partial charge on any atom is 0.276 e. The number of sulfonamides is 1. The Balaban J connectivity index is 2.00. The topological polar surface area (TPSA) is 58.5 Å². The van der Waals surface area contributed by atoms with Crippen molar-refractivity contribution in [1.82, 2.24) is 4.83 Å². The van der Waals surface area contributed by atoms with Crippen LogP contribution in [0, 0.1) is 13.8 Å². The number of hydrogen-bond donors (Lipinski definition) is 1. The molecule has 0 aliphatic rings. The summed E-state index contributed by atoms with van der Waals surface area (Å²) in [7, 11) is -3.80. The first kappa shape index (κ1) is 19.1. The number of aryl methyl sites for hydroxylation is 2. The first-order chi connectivity index (χ1) is 12.8. The molecule has 0 saturated heterocycles. The number of benzene rings is 3. The second-order valence-corrected chi connectivity index (χ2v) is 8.34. The van der Waals surface area contributed by atoms with Gasteiger partial charge in [-0.2, -0.15) is 18.4 Å². The first-order valence-electron chi connectivity index (χ1n) is 8.34. The summed E-state index contributed by atoms with van der Waals surface area (Å²) in [6.45, 7) is 3.99. The zero-order valence-electron chi connectivity index (χ0n) is 15.0. The van der Waals surface area contributed by atoms with Crippen molar-refractivity contribution >= 4 is 27.3 Å². The van der Waals surface area contributed by atoms with Crippen LogP contribution in [0.3, 0.4) is 0 Å². The van der Waals surface area contributed by atoms with Gasteiger partial charge in [-0.3, -0.25) is 0 Å². The molecule has 0 unspecified atom stereocenters. The van der Waals surface area contributed by atoms with Crippen LogP contribution in [0.5, 0.6) is 0 Å². The number of hydrazone groups is 1. The summed E-state index contributed by atoms with van der Waals surface area (Å²) in [6, 6.07) is 21.5. The summed E-state index contributed by atoms with van der Waals surface area (Å²) in [6.07, 6.45) is 0. The number of nitrogens with one attached hydrogen (secondary N) is 1. The molecule has 3 aromatic rings. The van der Waals surface area contributed by atoms with Gasteiger partial charge in [0.15, 0.2) is 0 Å². The molecule has 0 bridgehead atoms. The predicted molar refractivity (Wildman–Crippen MR) is 110 cm³/mol. The summed E-state index contributed by atoms with van der Waals surface area (Å²) in [5, 5.41) is 4.71. The van der Waals surface area contributed by atoms with E-state index in [1.54, 1.807) is 0 Å². The molecular formula is C21H19ClN2O2S. The zero-order valence-corrected chi connectivity index (χ0v) is 16.6. The molecule has 6 heteroatoms. The van der Waals surface area contributed by atoms with Crippen molar-refractivity contribution in [2.45, 2.75) is 18.7 Å². The summed E-state index contributed by atoms with van der Waals surface area (Å²) >= 11 is 5.83. The SMILES string of the molecule is Cc1ccc(C(=NNS(=O)(=O)c2ccc(Cl)cc2)c2ccc(C)cc2)cc1. The van der Waals surface area contributed by atoms with E-state index < -0.39 is 10.0 Å². The fraction of sp³-hybridized carbons (Fsp3) is 0.0952. The molecule has 0 radical (unpaired) electrons. The molecule has 3 aromatic carbocycles. The number of nitrogens with zero attached hydrogens (tertiary/aromatic N) is 1. The normalized spacial score (nSPS) is 11.1. The van der Waals surface area contributed by atoms with E-state index in [0.29, 0.717) is 10.7 Å².